The molecule has 0 saturated heterocycles. The topological polar surface area (TPSA) is 56.7 Å². The second kappa shape index (κ2) is 6.11. The summed E-state index contributed by atoms with van der Waals surface area (Å²) in [6.45, 7) is 0. The number of aryl methyl sites for hydroxylation is 1. The van der Waals surface area contributed by atoms with Crippen molar-refractivity contribution in [2.24, 2.45) is 0 Å². The molecule has 0 aliphatic carbocycles. The minimum Gasteiger partial charge on any atom is -0.335 e. The lowest BCUT2D eigenvalue weighted by Crippen LogP contribution is -2.11. The van der Waals surface area contributed by atoms with E-state index in [-0.39, 0.29) is 0 Å². The van der Waals surface area contributed by atoms with Crippen molar-refractivity contribution in [3.8, 4) is 10.7 Å². The third-order valence-electron chi connectivity index (χ3n) is 2.87. The molecule has 102 valence electrons. The normalized spacial score (nSPS) is 10.8. The molecule has 0 fully saturated rings. The van der Waals surface area contributed by atoms with E-state index in [9.17, 15) is 0 Å². The summed E-state index contributed by atoms with van der Waals surface area (Å²) in [5.74, 6) is 7.71. The molecule has 2 aromatic heterocycles. The number of aromatic nitrogens is 3. The van der Waals surface area contributed by atoms with Crippen LogP contribution >= 0.6 is 23.1 Å². The molecule has 0 bridgehead atoms. The molecule has 2 heterocycles. The molecule has 1 aromatic carbocycles. The average molecular weight is 302 g/mol. The van der Waals surface area contributed by atoms with Crippen LogP contribution in [0.1, 0.15) is 5.56 Å². The number of hydrogen-bond acceptors (Lipinski definition) is 5. The zero-order valence-electron chi connectivity index (χ0n) is 10.8. The number of rotatable bonds is 5. The average Bonchev–Trinajstić information content (AvgIpc) is 3.11. The minimum absolute atomic E-state index is 0.724. The maximum Gasteiger partial charge on any atom is 0.210 e. The van der Waals surface area contributed by atoms with Gasteiger partial charge in [0.05, 0.1) is 4.88 Å². The number of thiophene rings is 1. The van der Waals surface area contributed by atoms with Crippen molar-refractivity contribution in [3.63, 3.8) is 0 Å². The van der Waals surface area contributed by atoms with Crippen LogP contribution in [0.2, 0.25) is 0 Å². The second-order valence-corrected chi connectivity index (χ2v) is 6.25. The zero-order valence-corrected chi connectivity index (χ0v) is 12.4. The third-order valence-corrected chi connectivity index (χ3v) is 4.68. The van der Waals surface area contributed by atoms with E-state index in [2.05, 4.69) is 34.5 Å². The number of thioether (sulfide) groups is 1. The Kier molecular flexibility index (Phi) is 4.03. The summed E-state index contributed by atoms with van der Waals surface area (Å²) in [6, 6.07) is 14.4. The summed E-state index contributed by atoms with van der Waals surface area (Å²) in [4.78, 5) is 1.04. The van der Waals surface area contributed by atoms with E-state index >= 15 is 0 Å². The number of nitrogens with zero attached hydrogens (tertiary/aromatic N) is 3. The second-order valence-electron chi connectivity index (χ2n) is 4.24. The highest BCUT2D eigenvalue weighted by Crippen LogP contribution is 2.25. The molecule has 3 rings (SSSR count). The molecular formula is C14H14N4S2. The Labute approximate surface area is 125 Å². The van der Waals surface area contributed by atoms with Gasteiger partial charge in [0.25, 0.3) is 0 Å². The molecule has 0 aliphatic rings. The van der Waals surface area contributed by atoms with E-state index in [1.165, 1.54) is 5.56 Å². The maximum atomic E-state index is 6.05. The van der Waals surface area contributed by atoms with Crippen LogP contribution in [-0.4, -0.2) is 20.6 Å². The van der Waals surface area contributed by atoms with E-state index in [4.69, 9.17) is 5.84 Å². The highest BCUT2D eigenvalue weighted by atomic mass is 32.2. The van der Waals surface area contributed by atoms with Gasteiger partial charge in [-0.2, -0.15) is 0 Å². The fraction of sp³-hybridized carbons (Fsp3) is 0.143. The predicted octanol–water partition coefficient (Wildman–Crippen LogP) is 3.06. The van der Waals surface area contributed by atoms with Crippen molar-refractivity contribution in [1.82, 2.24) is 14.9 Å². The van der Waals surface area contributed by atoms with Crippen molar-refractivity contribution >= 4 is 23.1 Å². The van der Waals surface area contributed by atoms with Gasteiger partial charge in [0, 0.05) is 5.75 Å². The Balaban J connectivity index is 1.64. The van der Waals surface area contributed by atoms with Gasteiger partial charge in [-0.05, 0) is 23.4 Å². The van der Waals surface area contributed by atoms with E-state index in [0.717, 1.165) is 28.0 Å². The van der Waals surface area contributed by atoms with Gasteiger partial charge >= 0.3 is 0 Å². The van der Waals surface area contributed by atoms with Crippen LogP contribution < -0.4 is 5.84 Å². The highest BCUT2D eigenvalue weighted by molar-refractivity contribution is 7.99. The molecule has 0 atom stereocenters. The Hall–Kier alpha value is -1.79. The van der Waals surface area contributed by atoms with Gasteiger partial charge in [-0.15, -0.1) is 21.5 Å². The molecule has 20 heavy (non-hydrogen) atoms. The quantitative estimate of drug-likeness (QED) is 0.581. The van der Waals surface area contributed by atoms with Crippen LogP contribution in [0.5, 0.6) is 0 Å². The van der Waals surface area contributed by atoms with Gasteiger partial charge in [-0.25, -0.2) is 4.68 Å². The Morgan fingerprint density at radius 3 is 2.70 bits per heavy atom. The maximum absolute atomic E-state index is 6.05. The smallest absolute Gasteiger partial charge is 0.210 e. The summed E-state index contributed by atoms with van der Waals surface area (Å²) in [5.41, 5.74) is 1.32. The first-order valence-electron chi connectivity index (χ1n) is 6.25. The molecule has 0 unspecified atom stereocenters. The van der Waals surface area contributed by atoms with E-state index in [1.807, 2.05) is 23.6 Å². The summed E-state index contributed by atoms with van der Waals surface area (Å²) in [5, 5.41) is 11.1. The standard InChI is InChI=1S/C14H14N4S2/c15-18-13(12-7-4-9-19-12)16-17-14(18)20-10-8-11-5-2-1-3-6-11/h1-7,9H,8,10,15H2. The van der Waals surface area contributed by atoms with Crippen molar-refractivity contribution < 1.29 is 0 Å². The molecule has 3 aromatic rings. The first kappa shape index (κ1) is 13.2. The Bertz CT molecular complexity index is 662. The van der Waals surface area contributed by atoms with Crippen LogP contribution in [0.3, 0.4) is 0 Å². The van der Waals surface area contributed by atoms with Gasteiger partial charge < -0.3 is 5.84 Å². The van der Waals surface area contributed by atoms with E-state index in [0.29, 0.717) is 0 Å². The number of nitrogen functional groups attached to an aromatic ring is 1. The van der Waals surface area contributed by atoms with Gasteiger partial charge in [0.15, 0.2) is 5.82 Å². The molecule has 6 heteroatoms. The van der Waals surface area contributed by atoms with E-state index in [1.54, 1.807) is 27.8 Å². The monoisotopic (exact) mass is 302 g/mol. The lowest BCUT2D eigenvalue weighted by Gasteiger charge is -2.02. The van der Waals surface area contributed by atoms with Gasteiger partial charge in [-0.1, -0.05) is 48.2 Å². The molecule has 0 spiro atoms. The summed E-state index contributed by atoms with van der Waals surface area (Å²) >= 11 is 3.24. The van der Waals surface area contributed by atoms with Crippen molar-refractivity contribution in [2.45, 2.75) is 11.6 Å². The Morgan fingerprint density at radius 2 is 1.95 bits per heavy atom. The highest BCUT2D eigenvalue weighted by Gasteiger charge is 2.12. The molecule has 2 N–H and O–H groups in total. The third kappa shape index (κ3) is 2.86. The number of benzene rings is 1. The molecule has 0 saturated carbocycles. The van der Waals surface area contributed by atoms with Gasteiger partial charge in [0.1, 0.15) is 0 Å². The van der Waals surface area contributed by atoms with Crippen LogP contribution in [0.15, 0.2) is 53.0 Å². The lowest BCUT2D eigenvalue weighted by molar-refractivity contribution is 0.849. The van der Waals surface area contributed by atoms with Crippen LogP contribution in [-0.2, 0) is 6.42 Å². The van der Waals surface area contributed by atoms with Crippen molar-refractivity contribution in [1.29, 1.82) is 0 Å². The lowest BCUT2D eigenvalue weighted by atomic mass is 10.2. The molecule has 4 nitrogen and oxygen atoms in total. The van der Waals surface area contributed by atoms with Crippen LogP contribution in [0, 0.1) is 0 Å². The van der Waals surface area contributed by atoms with Crippen molar-refractivity contribution in [2.75, 3.05) is 11.6 Å². The molecule has 0 radical (unpaired) electrons. The number of hydrogen-bond donors (Lipinski definition) is 1. The fourth-order valence-corrected chi connectivity index (χ4v) is 3.40. The largest absolute Gasteiger partial charge is 0.335 e. The first-order chi connectivity index (χ1) is 9.84. The van der Waals surface area contributed by atoms with Crippen molar-refractivity contribution in [3.05, 3.63) is 53.4 Å². The van der Waals surface area contributed by atoms with Crippen LogP contribution in [0.25, 0.3) is 10.7 Å². The molecule has 0 amide bonds. The summed E-state index contributed by atoms with van der Waals surface area (Å²) < 4.78 is 1.57. The molecule has 0 aliphatic heterocycles. The Morgan fingerprint density at radius 1 is 1.10 bits per heavy atom. The first-order valence-corrected chi connectivity index (χ1v) is 8.12. The SMILES string of the molecule is Nn1c(SCCc2ccccc2)nnc1-c1cccs1. The zero-order chi connectivity index (χ0) is 13.8. The minimum atomic E-state index is 0.724. The van der Waals surface area contributed by atoms with Crippen LogP contribution in [0.4, 0.5) is 0 Å². The predicted molar refractivity (Wildman–Crippen MR) is 84.4 cm³/mol. The van der Waals surface area contributed by atoms with Gasteiger partial charge in [-0.3, -0.25) is 0 Å². The summed E-state index contributed by atoms with van der Waals surface area (Å²) in [6.07, 6.45) is 0.993. The fourth-order valence-electron chi connectivity index (χ4n) is 1.85. The summed E-state index contributed by atoms with van der Waals surface area (Å²) in [7, 11) is 0. The van der Waals surface area contributed by atoms with E-state index < -0.39 is 0 Å². The number of nitrogens with two attached hydrogens (primary N) is 1. The molecular weight excluding hydrogens is 288 g/mol. The van der Waals surface area contributed by atoms with Gasteiger partial charge in [0.2, 0.25) is 5.16 Å².